The number of nitrogens with zero attached hydrogens (tertiary/aromatic N) is 1. The second-order valence-electron chi connectivity index (χ2n) is 9.98. The summed E-state index contributed by atoms with van der Waals surface area (Å²) in [7, 11) is 0. The molecule has 7 nitrogen and oxygen atoms in total. The quantitative estimate of drug-likeness (QED) is 0.217. The number of hydrogen-bond donors (Lipinski definition) is 3. The first kappa shape index (κ1) is 28.6. The Bertz CT molecular complexity index is 1370. The number of terminal acetylenes is 1. The molecule has 3 aromatic rings. The van der Waals surface area contributed by atoms with Crippen LogP contribution >= 0.6 is 12.6 Å². The molecule has 3 amide bonds. The number of carbonyl (C=O) groups is 3. The number of amides is 3. The van der Waals surface area contributed by atoms with Gasteiger partial charge in [-0.15, -0.1) is 0 Å². The van der Waals surface area contributed by atoms with Gasteiger partial charge < -0.3 is 15.4 Å². The van der Waals surface area contributed by atoms with E-state index < -0.39 is 35.6 Å². The number of nitrogens with one attached hydrogen (secondary N) is 2. The maximum absolute atomic E-state index is 13.8. The van der Waals surface area contributed by atoms with Crippen molar-refractivity contribution in [3.8, 4) is 12.5 Å². The van der Waals surface area contributed by atoms with E-state index in [4.69, 9.17) is 11.2 Å². The van der Waals surface area contributed by atoms with Crippen LogP contribution in [0.3, 0.4) is 0 Å². The first-order valence-electron chi connectivity index (χ1n) is 12.2. The Morgan fingerprint density at radius 3 is 2.21 bits per heavy atom. The third-order valence-electron chi connectivity index (χ3n) is 5.89. The average Bonchev–Trinajstić information content (AvgIpc) is 2.85. The van der Waals surface area contributed by atoms with Gasteiger partial charge in [-0.25, -0.2) is 4.79 Å². The maximum Gasteiger partial charge on any atom is 0.408 e. The summed E-state index contributed by atoms with van der Waals surface area (Å²) in [6.45, 7) is 8.85. The van der Waals surface area contributed by atoms with Crippen molar-refractivity contribution >= 4 is 47.0 Å². The number of hydrogen-bond acceptors (Lipinski definition) is 5. The number of carbonyl (C=O) groups excluding carboxylic acids is 3. The number of thiol groups is 1. The highest BCUT2D eigenvalue weighted by Crippen LogP contribution is 2.30. The molecule has 0 saturated heterocycles. The number of rotatable bonds is 7. The van der Waals surface area contributed by atoms with Gasteiger partial charge in [-0.3, -0.25) is 14.5 Å². The number of alkyl carbamates (subject to hydrolysis) is 1. The van der Waals surface area contributed by atoms with E-state index in [0.717, 1.165) is 26.8 Å². The van der Waals surface area contributed by atoms with Gasteiger partial charge in [0.2, 0.25) is 0 Å². The normalized spacial score (nSPS) is 12.7. The molecule has 0 aliphatic heterocycles. The second kappa shape index (κ2) is 12.1. The van der Waals surface area contributed by atoms with Crippen LogP contribution < -0.4 is 10.6 Å². The molecule has 0 aliphatic carbocycles. The molecule has 0 saturated carbocycles. The molecule has 3 rings (SSSR count). The summed E-state index contributed by atoms with van der Waals surface area (Å²) < 4.78 is 5.29. The SMILES string of the molecule is C#CN(C(=O)C(CS)NC(=O)OC(C)(C)C)C(C(=O)Nc1ccc2ccccc2c1)c1c(C)cccc1C. The van der Waals surface area contributed by atoms with Crippen LogP contribution in [0.4, 0.5) is 10.5 Å². The second-order valence-corrected chi connectivity index (χ2v) is 10.3. The van der Waals surface area contributed by atoms with E-state index in [0.29, 0.717) is 11.3 Å². The fourth-order valence-electron chi connectivity index (χ4n) is 4.18. The van der Waals surface area contributed by atoms with Crippen molar-refractivity contribution in [2.45, 2.75) is 52.3 Å². The molecule has 3 aromatic carbocycles. The Labute approximate surface area is 229 Å². The molecule has 0 radical (unpaired) electrons. The topological polar surface area (TPSA) is 87.7 Å². The third kappa shape index (κ3) is 6.87. The average molecular weight is 532 g/mol. The maximum atomic E-state index is 13.8. The minimum absolute atomic E-state index is 0.0535. The van der Waals surface area contributed by atoms with E-state index in [1.807, 2.05) is 68.4 Å². The van der Waals surface area contributed by atoms with Gasteiger partial charge in [0.1, 0.15) is 17.7 Å². The van der Waals surface area contributed by atoms with Crippen LogP contribution in [-0.2, 0) is 14.3 Å². The van der Waals surface area contributed by atoms with Crippen LogP contribution in [0.15, 0.2) is 60.7 Å². The van der Waals surface area contributed by atoms with E-state index in [-0.39, 0.29) is 5.75 Å². The minimum Gasteiger partial charge on any atom is -0.444 e. The lowest BCUT2D eigenvalue weighted by Gasteiger charge is -2.31. The lowest BCUT2D eigenvalue weighted by Crippen LogP contribution is -2.52. The van der Waals surface area contributed by atoms with Crippen LogP contribution in [0, 0.1) is 26.3 Å². The van der Waals surface area contributed by atoms with Crippen LogP contribution in [0.25, 0.3) is 10.8 Å². The van der Waals surface area contributed by atoms with Crippen molar-refractivity contribution in [3.63, 3.8) is 0 Å². The first-order chi connectivity index (χ1) is 17.9. The van der Waals surface area contributed by atoms with Crippen molar-refractivity contribution in [3.05, 3.63) is 77.4 Å². The number of fused-ring (bicyclic) bond motifs is 1. The molecule has 0 fully saturated rings. The highest BCUT2D eigenvalue weighted by molar-refractivity contribution is 7.80. The Morgan fingerprint density at radius 1 is 1.00 bits per heavy atom. The zero-order chi connectivity index (χ0) is 28.0. The molecular weight excluding hydrogens is 498 g/mol. The molecule has 0 bridgehead atoms. The van der Waals surface area contributed by atoms with Crippen LogP contribution in [0.2, 0.25) is 0 Å². The number of ether oxygens (including phenoxy) is 1. The molecule has 2 N–H and O–H groups in total. The van der Waals surface area contributed by atoms with Gasteiger partial charge in [-0.1, -0.05) is 55.0 Å². The van der Waals surface area contributed by atoms with Crippen LogP contribution in [0.1, 0.15) is 43.5 Å². The van der Waals surface area contributed by atoms with Crippen LogP contribution in [-0.4, -0.2) is 40.2 Å². The summed E-state index contributed by atoms with van der Waals surface area (Å²) in [6, 6.07) is 19.0. The predicted molar refractivity (Wildman–Crippen MR) is 154 cm³/mol. The van der Waals surface area contributed by atoms with Gasteiger partial charge in [-0.05, 0) is 74.2 Å². The Kier molecular flexibility index (Phi) is 9.08. The molecule has 38 heavy (non-hydrogen) atoms. The van der Waals surface area contributed by atoms with Crippen molar-refractivity contribution < 1.29 is 19.1 Å². The highest BCUT2D eigenvalue weighted by atomic mass is 32.1. The van der Waals surface area contributed by atoms with Gasteiger partial charge >= 0.3 is 6.09 Å². The number of benzene rings is 3. The van der Waals surface area contributed by atoms with E-state index in [1.54, 1.807) is 26.8 Å². The van der Waals surface area contributed by atoms with Crippen molar-refractivity contribution in [2.75, 3.05) is 11.1 Å². The summed E-state index contributed by atoms with van der Waals surface area (Å²) >= 11 is 4.25. The molecule has 0 heterocycles. The van der Waals surface area contributed by atoms with E-state index in [2.05, 4.69) is 29.3 Å². The summed E-state index contributed by atoms with van der Waals surface area (Å²) in [5, 5.41) is 7.44. The third-order valence-corrected chi connectivity index (χ3v) is 6.25. The molecular formula is C30H33N3O4S. The molecule has 0 aliphatic rings. The van der Waals surface area contributed by atoms with Gasteiger partial charge in [0, 0.05) is 17.5 Å². The zero-order valence-electron chi connectivity index (χ0n) is 22.2. The smallest absolute Gasteiger partial charge is 0.408 e. The monoisotopic (exact) mass is 531 g/mol. The lowest BCUT2D eigenvalue weighted by molar-refractivity contribution is -0.136. The van der Waals surface area contributed by atoms with Crippen molar-refractivity contribution in [1.82, 2.24) is 10.2 Å². The Hall–Kier alpha value is -3.96. The molecule has 8 heteroatoms. The van der Waals surface area contributed by atoms with Crippen molar-refractivity contribution in [2.24, 2.45) is 0 Å². The van der Waals surface area contributed by atoms with E-state index in [9.17, 15) is 14.4 Å². The summed E-state index contributed by atoms with van der Waals surface area (Å²) in [4.78, 5) is 40.9. The summed E-state index contributed by atoms with van der Waals surface area (Å²) in [5.41, 5.74) is 1.98. The Morgan fingerprint density at radius 2 is 1.63 bits per heavy atom. The largest absolute Gasteiger partial charge is 0.444 e. The van der Waals surface area contributed by atoms with E-state index >= 15 is 0 Å². The minimum atomic E-state index is -1.16. The first-order valence-corrected chi connectivity index (χ1v) is 12.8. The molecule has 0 spiro atoms. The van der Waals surface area contributed by atoms with E-state index in [1.165, 1.54) is 0 Å². The summed E-state index contributed by atoms with van der Waals surface area (Å²) in [5.74, 6) is -1.20. The molecule has 2 unspecified atom stereocenters. The highest BCUT2D eigenvalue weighted by Gasteiger charge is 2.37. The van der Waals surface area contributed by atoms with Crippen LogP contribution in [0.5, 0.6) is 0 Å². The van der Waals surface area contributed by atoms with Gasteiger partial charge in [0.25, 0.3) is 11.8 Å². The fourth-order valence-corrected chi connectivity index (χ4v) is 4.43. The van der Waals surface area contributed by atoms with Gasteiger partial charge in [-0.2, -0.15) is 12.6 Å². The fraction of sp³-hybridized carbons (Fsp3) is 0.300. The number of aryl methyl sites for hydroxylation is 2. The lowest BCUT2D eigenvalue weighted by atomic mass is 9.94. The molecule has 2 atom stereocenters. The zero-order valence-corrected chi connectivity index (χ0v) is 23.1. The van der Waals surface area contributed by atoms with Gasteiger partial charge in [0.15, 0.2) is 0 Å². The molecule has 198 valence electrons. The standard InChI is InChI=1S/C30H33N3O4S/c1-7-33(28(35)24(18-38)32-29(36)37-30(4,5)6)26(25-19(2)11-10-12-20(25)3)27(34)31-23-16-15-21-13-8-9-14-22(21)17-23/h1,8-17,24,26,38H,18H2,2-6H3,(H,31,34)(H,32,36). The predicted octanol–water partition coefficient (Wildman–Crippen LogP) is 5.38. The Balaban J connectivity index is 1.99. The van der Waals surface area contributed by atoms with Crippen molar-refractivity contribution in [1.29, 1.82) is 0 Å². The molecule has 0 aromatic heterocycles. The number of anilines is 1. The summed E-state index contributed by atoms with van der Waals surface area (Å²) in [6.07, 6.45) is 5.06. The van der Waals surface area contributed by atoms with Gasteiger partial charge in [0.05, 0.1) is 0 Å².